The van der Waals surface area contributed by atoms with E-state index in [2.05, 4.69) is 45.1 Å². The highest BCUT2D eigenvalue weighted by Crippen LogP contribution is 2.26. The Kier molecular flexibility index (Phi) is 5.17. The molecular formula is C15H25NO2. The summed E-state index contributed by atoms with van der Waals surface area (Å²) < 4.78 is 10.8. The Morgan fingerprint density at radius 2 is 1.94 bits per heavy atom. The zero-order valence-corrected chi connectivity index (χ0v) is 12.3. The molecular weight excluding hydrogens is 226 g/mol. The van der Waals surface area contributed by atoms with E-state index in [1.807, 2.05) is 6.07 Å². The summed E-state index contributed by atoms with van der Waals surface area (Å²) >= 11 is 0. The Morgan fingerprint density at radius 3 is 2.50 bits per heavy atom. The standard InChI is InChI=1S/C15H25NO2/c1-11-7-8-14(17-5)13(9-11)12(2)16-10-15(3,4)18-6/h7-9,12,16H,10H2,1-6H3. The molecule has 0 amide bonds. The summed E-state index contributed by atoms with van der Waals surface area (Å²) in [5.74, 6) is 0.927. The predicted octanol–water partition coefficient (Wildman–Crippen LogP) is 3.08. The number of aryl methyl sites for hydroxylation is 1. The van der Waals surface area contributed by atoms with Crippen molar-refractivity contribution in [2.24, 2.45) is 0 Å². The molecule has 1 atom stereocenters. The second-order valence-electron chi connectivity index (χ2n) is 5.31. The number of nitrogens with one attached hydrogen (secondary N) is 1. The van der Waals surface area contributed by atoms with Gasteiger partial charge in [-0.1, -0.05) is 17.7 Å². The van der Waals surface area contributed by atoms with E-state index in [9.17, 15) is 0 Å². The summed E-state index contributed by atoms with van der Waals surface area (Å²) in [5, 5.41) is 3.49. The van der Waals surface area contributed by atoms with E-state index in [0.717, 1.165) is 12.3 Å². The number of benzene rings is 1. The molecule has 0 aliphatic heterocycles. The van der Waals surface area contributed by atoms with Gasteiger partial charge in [-0.2, -0.15) is 0 Å². The lowest BCUT2D eigenvalue weighted by Crippen LogP contribution is -2.37. The minimum Gasteiger partial charge on any atom is -0.496 e. The molecule has 3 nitrogen and oxygen atoms in total. The summed E-state index contributed by atoms with van der Waals surface area (Å²) in [6.45, 7) is 9.17. The van der Waals surface area contributed by atoms with Crippen LogP contribution in [0.15, 0.2) is 18.2 Å². The summed E-state index contributed by atoms with van der Waals surface area (Å²) in [6.07, 6.45) is 0. The molecule has 0 heterocycles. The molecule has 0 aliphatic carbocycles. The van der Waals surface area contributed by atoms with Crippen LogP contribution in [0.25, 0.3) is 0 Å². The van der Waals surface area contributed by atoms with Crippen molar-refractivity contribution < 1.29 is 9.47 Å². The molecule has 1 rings (SSSR count). The van der Waals surface area contributed by atoms with Crippen LogP contribution in [0.3, 0.4) is 0 Å². The van der Waals surface area contributed by atoms with Crippen LogP contribution in [0.1, 0.15) is 37.9 Å². The Labute approximate surface area is 110 Å². The van der Waals surface area contributed by atoms with E-state index < -0.39 is 0 Å². The summed E-state index contributed by atoms with van der Waals surface area (Å²) in [4.78, 5) is 0. The van der Waals surface area contributed by atoms with Gasteiger partial charge in [-0.15, -0.1) is 0 Å². The van der Waals surface area contributed by atoms with Gasteiger partial charge in [-0.05, 0) is 33.8 Å². The number of ether oxygens (including phenoxy) is 2. The topological polar surface area (TPSA) is 30.5 Å². The fourth-order valence-electron chi connectivity index (χ4n) is 1.77. The van der Waals surface area contributed by atoms with E-state index in [-0.39, 0.29) is 11.6 Å². The highest BCUT2D eigenvalue weighted by atomic mass is 16.5. The van der Waals surface area contributed by atoms with Crippen LogP contribution in [-0.2, 0) is 4.74 Å². The summed E-state index contributed by atoms with van der Waals surface area (Å²) in [7, 11) is 3.44. The van der Waals surface area contributed by atoms with Crippen LogP contribution >= 0.6 is 0 Å². The Morgan fingerprint density at radius 1 is 1.28 bits per heavy atom. The van der Waals surface area contributed by atoms with Gasteiger partial charge in [0, 0.05) is 25.3 Å². The van der Waals surface area contributed by atoms with Gasteiger partial charge in [0.2, 0.25) is 0 Å². The molecule has 0 spiro atoms. The second kappa shape index (κ2) is 6.21. The van der Waals surface area contributed by atoms with Gasteiger partial charge in [0.15, 0.2) is 0 Å². The van der Waals surface area contributed by atoms with Crippen LogP contribution in [0, 0.1) is 6.92 Å². The van der Waals surface area contributed by atoms with E-state index in [0.29, 0.717) is 0 Å². The Hall–Kier alpha value is -1.06. The molecule has 0 saturated carbocycles. The van der Waals surface area contributed by atoms with Crippen molar-refractivity contribution in [3.8, 4) is 5.75 Å². The molecule has 0 fully saturated rings. The monoisotopic (exact) mass is 251 g/mol. The molecule has 3 heteroatoms. The summed E-state index contributed by atoms with van der Waals surface area (Å²) in [6, 6.07) is 6.48. The molecule has 18 heavy (non-hydrogen) atoms. The van der Waals surface area contributed by atoms with Gasteiger partial charge < -0.3 is 14.8 Å². The molecule has 1 unspecified atom stereocenters. The van der Waals surface area contributed by atoms with Crippen LogP contribution < -0.4 is 10.1 Å². The smallest absolute Gasteiger partial charge is 0.123 e. The van der Waals surface area contributed by atoms with Gasteiger partial charge in [-0.25, -0.2) is 0 Å². The average Bonchev–Trinajstić information content (AvgIpc) is 2.36. The molecule has 1 N–H and O–H groups in total. The first kappa shape index (κ1) is 15.0. The van der Waals surface area contributed by atoms with Gasteiger partial charge in [-0.3, -0.25) is 0 Å². The lowest BCUT2D eigenvalue weighted by atomic mass is 10.0. The highest BCUT2D eigenvalue weighted by Gasteiger charge is 2.19. The predicted molar refractivity (Wildman–Crippen MR) is 75.2 cm³/mol. The first-order valence-electron chi connectivity index (χ1n) is 6.32. The van der Waals surface area contributed by atoms with Crippen LogP contribution in [0.4, 0.5) is 0 Å². The van der Waals surface area contributed by atoms with Crippen LogP contribution in [0.2, 0.25) is 0 Å². The number of methoxy groups -OCH3 is 2. The van der Waals surface area contributed by atoms with Gasteiger partial charge in [0.05, 0.1) is 12.7 Å². The first-order valence-corrected chi connectivity index (χ1v) is 6.32. The molecule has 0 saturated heterocycles. The third-order valence-corrected chi connectivity index (χ3v) is 3.24. The van der Waals surface area contributed by atoms with E-state index in [4.69, 9.17) is 9.47 Å². The van der Waals surface area contributed by atoms with E-state index in [1.165, 1.54) is 11.1 Å². The number of rotatable bonds is 6. The van der Waals surface area contributed by atoms with Crippen molar-refractivity contribution in [3.63, 3.8) is 0 Å². The quantitative estimate of drug-likeness (QED) is 0.843. The fraction of sp³-hybridized carbons (Fsp3) is 0.600. The van der Waals surface area contributed by atoms with Crippen molar-refractivity contribution >= 4 is 0 Å². The maximum atomic E-state index is 5.41. The van der Waals surface area contributed by atoms with Crippen molar-refractivity contribution in [2.45, 2.75) is 39.3 Å². The fourth-order valence-corrected chi connectivity index (χ4v) is 1.77. The number of hydrogen-bond acceptors (Lipinski definition) is 3. The number of hydrogen-bond donors (Lipinski definition) is 1. The van der Waals surface area contributed by atoms with Crippen molar-refractivity contribution in [1.82, 2.24) is 5.32 Å². The molecule has 0 radical (unpaired) electrons. The Balaban J connectivity index is 2.77. The molecule has 0 bridgehead atoms. The molecule has 0 aliphatic rings. The largest absolute Gasteiger partial charge is 0.496 e. The second-order valence-corrected chi connectivity index (χ2v) is 5.31. The van der Waals surface area contributed by atoms with Crippen molar-refractivity contribution in [2.75, 3.05) is 20.8 Å². The lowest BCUT2D eigenvalue weighted by molar-refractivity contribution is 0.0214. The normalized spacial score (nSPS) is 13.4. The molecule has 1 aromatic rings. The maximum Gasteiger partial charge on any atom is 0.123 e. The minimum atomic E-state index is -0.161. The van der Waals surface area contributed by atoms with E-state index in [1.54, 1.807) is 14.2 Å². The summed E-state index contributed by atoms with van der Waals surface area (Å²) in [5.41, 5.74) is 2.26. The van der Waals surface area contributed by atoms with Gasteiger partial charge >= 0.3 is 0 Å². The van der Waals surface area contributed by atoms with Gasteiger partial charge in [0.1, 0.15) is 5.75 Å². The first-order chi connectivity index (χ1) is 8.39. The van der Waals surface area contributed by atoms with Crippen molar-refractivity contribution in [3.05, 3.63) is 29.3 Å². The third kappa shape index (κ3) is 4.00. The molecule has 102 valence electrons. The van der Waals surface area contributed by atoms with Gasteiger partial charge in [0.25, 0.3) is 0 Å². The minimum absolute atomic E-state index is 0.161. The zero-order chi connectivity index (χ0) is 13.8. The highest BCUT2D eigenvalue weighted by molar-refractivity contribution is 5.38. The third-order valence-electron chi connectivity index (χ3n) is 3.24. The molecule has 1 aromatic carbocycles. The molecule has 0 aromatic heterocycles. The van der Waals surface area contributed by atoms with E-state index >= 15 is 0 Å². The maximum absolute atomic E-state index is 5.41. The van der Waals surface area contributed by atoms with Crippen LogP contribution in [0.5, 0.6) is 5.75 Å². The van der Waals surface area contributed by atoms with Crippen LogP contribution in [-0.4, -0.2) is 26.4 Å². The average molecular weight is 251 g/mol. The van der Waals surface area contributed by atoms with Crippen molar-refractivity contribution in [1.29, 1.82) is 0 Å². The Bertz CT molecular complexity index is 388. The lowest BCUT2D eigenvalue weighted by Gasteiger charge is -2.26. The SMILES string of the molecule is COc1ccc(C)cc1C(C)NCC(C)(C)OC. The zero-order valence-electron chi connectivity index (χ0n) is 12.3.